The van der Waals surface area contributed by atoms with Crippen molar-refractivity contribution in [2.75, 3.05) is 18.6 Å². The van der Waals surface area contributed by atoms with Crippen LogP contribution in [-0.2, 0) is 11.3 Å². The summed E-state index contributed by atoms with van der Waals surface area (Å²) >= 11 is 0. The second-order valence-corrected chi connectivity index (χ2v) is 4.20. The van der Waals surface area contributed by atoms with E-state index in [2.05, 4.69) is 22.3 Å². The smallest absolute Gasteiger partial charge is 0.218 e. The van der Waals surface area contributed by atoms with E-state index in [4.69, 9.17) is 15.3 Å². The topological polar surface area (TPSA) is 82.3 Å². The predicted molar refractivity (Wildman–Crippen MR) is 74.8 cm³/mol. The van der Waals surface area contributed by atoms with Crippen molar-refractivity contribution < 1.29 is 9.47 Å². The second kappa shape index (κ2) is 9.52. The number of unbranched alkanes of at least 4 members (excludes halogenated alkanes) is 3. The van der Waals surface area contributed by atoms with Crippen molar-refractivity contribution in [3.63, 3.8) is 0 Å². The molecule has 108 valence electrons. The maximum Gasteiger partial charge on any atom is 0.218 e. The maximum atomic E-state index is 5.61. The van der Waals surface area contributed by atoms with Crippen LogP contribution in [0.4, 0.5) is 5.82 Å². The van der Waals surface area contributed by atoms with Crippen LogP contribution >= 0.6 is 0 Å². The van der Waals surface area contributed by atoms with Gasteiger partial charge in [0.25, 0.3) is 0 Å². The van der Waals surface area contributed by atoms with E-state index in [1.54, 1.807) is 6.07 Å². The van der Waals surface area contributed by atoms with E-state index in [1.807, 2.05) is 6.92 Å². The lowest BCUT2D eigenvalue weighted by Crippen LogP contribution is -2.12. The molecule has 0 spiro atoms. The molecule has 6 nitrogen and oxygen atoms in total. The first-order chi connectivity index (χ1) is 9.30. The van der Waals surface area contributed by atoms with Gasteiger partial charge in [-0.25, -0.2) is 10.8 Å². The molecular weight excluding hydrogens is 244 g/mol. The number of nitrogens with two attached hydrogens (primary N) is 1. The fourth-order valence-electron chi connectivity index (χ4n) is 1.58. The van der Waals surface area contributed by atoms with Crippen molar-refractivity contribution in [2.24, 2.45) is 5.84 Å². The van der Waals surface area contributed by atoms with Gasteiger partial charge in [0.05, 0.1) is 6.61 Å². The maximum absolute atomic E-state index is 5.61. The Morgan fingerprint density at radius 2 is 2.05 bits per heavy atom. The second-order valence-electron chi connectivity index (χ2n) is 4.20. The number of hydrogen-bond acceptors (Lipinski definition) is 6. The van der Waals surface area contributed by atoms with E-state index in [9.17, 15) is 0 Å². The van der Waals surface area contributed by atoms with Crippen molar-refractivity contribution in [1.82, 2.24) is 9.97 Å². The van der Waals surface area contributed by atoms with Crippen LogP contribution in [0.3, 0.4) is 0 Å². The van der Waals surface area contributed by atoms with E-state index in [-0.39, 0.29) is 0 Å². The third-order valence-electron chi connectivity index (χ3n) is 2.58. The number of nitrogens with zero attached hydrogens (tertiary/aromatic N) is 2. The lowest BCUT2D eigenvalue weighted by molar-refractivity contribution is 0.127. The van der Waals surface area contributed by atoms with Gasteiger partial charge in [0, 0.05) is 12.7 Å². The van der Waals surface area contributed by atoms with Crippen LogP contribution in [0.25, 0.3) is 0 Å². The molecule has 3 N–H and O–H groups in total. The first-order valence-corrected chi connectivity index (χ1v) is 6.85. The number of nitrogens with one attached hydrogen (secondary N) is 1. The zero-order chi connectivity index (χ0) is 13.9. The van der Waals surface area contributed by atoms with E-state index in [0.717, 1.165) is 6.42 Å². The van der Waals surface area contributed by atoms with Gasteiger partial charge in [0.1, 0.15) is 12.4 Å². The summed E-state index contributed by atoms with van der Waals surface area (Å²) in [4.78, 5) is 8.48. The number of rotatable bonds is 10. The quantitative estimate of drug-likeness (QED) is 0.385. The molecule has 0 radical (unpaired) electrons. The average Bonchev–Trinajstić information content (AvgIpc) is 2.44. The van der Waals surface area contributed by atoms with E-state index >= 15 is 0 Å². The Balaban J connectivity index is 2.50. The Morgan fingerprint density at radius 3 is 2.74 bits per heavy atom. The minimum atomic E-state index is 0.359. The van der Waals surface area contributed by atoms with Crippen molar-refractivity contribution in [3.05, 3.63) is 11.9 Å². The molecule has 1 aromatic rings. The molecule has 0 amide bonds. The first kappa shape index (κ1) is 15.7. The molecule has 0 saturated heterocycles. The Bertz CT molecular complexity index is 360. The number of hydrogen-bond donors (Lipinski definition) is 2. The highest BCUT2D eigenvalue weighted by Crippen LogP contribution is 2.14. The Labute approximate surface area is 114 Å². The summed E-state index contributed by atoms with van der Waals surface area (Å²) in [6, 6.07) is 1.69. The molecule has 0 aromatic carbocycles. The van der Waals surface area contributed by atoms with Crippen LogP contribution in [0.1, 0.15) is 45.4 Å². The van der Waals surface area contributed by atoms with Gasteiger partial charge in [-0.05, 0) is 13.3 Å². The highest BCUT2D eigenvalue weighted by molar-refractivity contribution is 5.36. The molecule has 0 fully saturated rings. The van der Waals surface area contributed by atoms with Crippen molar-refractivity contribution in [1.29, 1.82) is 0 Å². The molecule has 0 atom stereocenters. The van der Waals surface area contributed by atoms with Crippen LogP contribution in [-0.4, -0.2) is 23.2 Å². The molecule has 6 heteroatoms. The SMILES string of the molecule is CCCCCCOc1cc(NN)nc(COCC)n1. The zero-order valence-electron chi connectivity index (χ0n) is 11.8. The summed E-state index contributed by atoms with van der Waals surface area (Å²) in [5.74, 6) is 7.02. The summed E-state index contributed by atoms with van der Waals surface area (Å²) in [5.41, 5.74) is 2.51. The highest BCUT2D eigenvalue weighted by atomic mass is 16.5. The molecule has 0 bridgehead atoms. The highest BCUT2D eigenvalue weighted by Gasteiger charge is 2.05. The van der Waals surface area contributed by atoms with Crippen LogP contribution in [0, 0.1) is 0 Å². The normalized spacial score (nSPS) is 10.5. The van der Waals surface area contributed by atoms with Crippen LogP contribution in [0.5, 0.6) is 5.88 Å². The van der Waals surface area contributed by atoms with Gasteiger partial charge >= 0.3 is 0 Å². The van der Waals surface area contributed by atoms with Crippen LogP contribution in [0.15, 0.2) is 6.07 Å². The summed E-state index contributed by atoms with van der Waals surface area (Å²) in [6.45, 7) is 5.75. The molecule has 1 rings (SSSR count). The van der Waals surface area contributed by atoms with Crippen LogP contribution < -0.4 is 16.0 Å². The van der Waals surface area contributed by atoms with Crippen LogP contribution in [0.2, 0.25) is 0 Å². The van der Waals surface area contributed by atoms with Gasteiger partial charge in [-0.15, -0.1) is 0 Å². The molecule has 0 aliphatic rings. The number of ether oxygens (including phenoxy) is 2. The fourth-order valence-corrected chi connectivity index (χ4v) is 1.58. The van der Waals surface area contributed by atoms with Gasteiger partial charge in [0.2, 0.25) is 5.88 Å². The molecule has 0 aliphatic carbocycles. The first-order valence-electron chi connectivity index (χ1n) is 6.85. The van der Waals surface area contributed by atoms with Gasteiger partial charge in [-0.1, -0.05) is 26.2 Å². The van der Waals surface area contributed by atoms with Gasteiger partial charge < -0.3 is 14.9 Å². The zero-order valence-corrected chi connectivity index (χ0v) is 11.8. The standard InChI is InChI=1S/C13H24N4O2/c1-3-5-6-7-8-19-13-9-11(17-14)15-12(16-13)10-18-4-2/h9H,3-8,10,14H2,1-2H3,(H,15,16,17). The molecule has 19 heavy (non-hydrogen) atoms. The van der Waals surface area contributed by atoms with Crippen molar-refractivity contribution >= 4 is 5.82 Å². The predicted octanol–water partition coefficient (Wildman–Crippen LogP) is 2.26. The minimum Gasteiger partial charge on any atom is -0.478 e. The summed E-state index contributed by atoms with van der Waals surface area (Å²) in [6.07, 6.45) is 4.66. The summed E-state index contributed by atoms with van der Waals surface area (Å²) < 4.78 is 10.9. The Kier molecular flexibility index (Phi) is 7.84. The summed E-state index contributed by atoms with van der Waals surface area (Å²) in [7, 11) is 0. The third-order valence-corrected chi connectivity index (χ3v) is 2.58. The Morgan fingerprint density at radius 1 is 1.21 bits per heavy atom. The Hall–Kier alpha value is -1.40. The van der Waals surface area contributed by atoms with E-state index < -0.39 is 0 Å². The molecular formula is C13H24N4O2. The molecule has 0 saturated carbocycles. The van der Waals surface area contributed by atoms with Gasteiger partial charge in [0.15, 0.2) is 5.82 Å². The number of aromatic nitrogens is 2. The minimum absolute atomic E-state index is 0.359. The fraction of sp³-hybridized carbons (Fsp3) is 0.692. The summed E-state index contributed by atoms with van der Waals surface area (Å²) in [5, 5.41) is 0. The lowest BCUT2D eigenvalue weighted by Gasteiger charge is -2.09. The van der Waals surface area contributed by atoms with E-state index in [1.165, 1.54) is 19.3 Å². The van der Waals surface area contributed by atoms with E-state index in [0.29, 0.717) is 37.3 Å². The largest absolute Gasteiger partial charge is 0.478 e. The van der Waals surface area contributed by atoms with Crippen molar-refractivity contribution in [3.8, 4) is 5.88 Å². The molecule has 1 heterocycles. The lowest BCUT2D eigenvalue weighted by atomic mass is 10.2. The number of hydrazine groups is 1. The molecule has 1 aromatic heterocycles. The van der Waals surface area contributed by atoms with Gasteiger partial charge in [-0.3, -0.25) is 0 Å². The van der Waals surface area contributed by atoms with Gasteiger partial charge in [-0.2, -0.15) is 4.98 Å². The average molecular weight is 268 g/mol. The third kappa shape index (κ3) is 6.35. The molecule has 0 aliphatic heterocycles. The van der Waals surface area contributed by atoms with Crippen molar-refractivity contribution in [2.45, 2.75) is 46.1 Å². The number of nitrogen functional groups attached to an aromatic ring is 1. The molecule has 0 unspecified atom stereocenters. The monoisotopic (exact) mass is 268 g/mol. The number of anilines is 1.